The van der Waals surface area contributed by atoms with E-state index in [-0.39, 0.29) is 11.9 Å². The van der Waals surface area contributed by atoms with Crippen LogP contribution in [0.2, 0.25) is 0 Å². The number of anilines is 2. The van der Waals surface area contributed by atoms with Crippen molar-refractivity contribution < 1.29 is 19.1 Å². The predicted octanol–water partition coefficient (Wildman–Crippen LogP) is 2.02. The van der Waals surface area contributed by atoms with Crippen LogP contribution >= 0.6 is 0 Å². The first-order valence-electron chi connectivity index (χ1n) is 12.5. The van der Waals surface area contributed by atoms with Crippen LogP contribution in [0.1, 0.15) is 25.8 Å². The highest BCUT2D eigenvalue weighted by Crippen LogP contribution is 2.32. The molecule has 5 rings (SSSR count). The van der Waals surface area contributed by atoms with Crippen molar-refractivity contribution in [3.05, 3.63) is 30.5 Å². The molecule has 2 aliphatic heterocycles. The molecule has 2 fully saturated rings. The Hall–Kier alpha value is -3.77. The number of likely N-dealkylation sites (tertiary alicyclic amines) is 1. The van der Waals surface area contributed by atoms with Crippen LogP contribution in [0.15, 0.2) is 30.5 Å². The summed E-state index contributed by atoms with van der Waals surface area (Å²) in [6.07, 6.45) is 2.83. The second kappa shape index (κ2) is 10.7. The van der Waals surface area contributed by atoms with E-state index in [1.807, 2.05) is 40.0 Å². The molecule has 2 amide bonds. The number of benzene rings is 1. The van der Waals surface area contributed by atoms with Crippen molar-refractivity contribution in [2.75, 3.05) is 56.7 Å². The fourth-order valence-corrected chi connectivity index (χ4v) is 4.81. The highest BCUT2D eigenvalue weighted by Gasteiger charge is 2.28. The maximum absolute atomic E-state index is 12.3. The van der Waals surface area contributed by atoms with E-state index in [1.165, 1.54) is 7.11 Å². The average molecular weight is 509 g/mol. The lowest BCUT2D eigenvalue weighted by atomic mass is 10.0. The molecule has 0 aliphatic carbocycles. The van der Waals surface area contributed by atoms with E-state index in [4.69, 9.17) is 25.5 Å². The largest absolute Gasteiger partial charge is 0.453 e. The van der Waals surface area contributed by atoms with Crippen LogP contribution in [0.4, 0.5) is 16.4 Å². The number of hydrogen-bond donors (Lipinski definition) is 2. The molecular weight excluding hydrogens is 476 g/mol. The Morgan fingerprint density at radius 3 is 2.46 bits per heavy atom. The Bertz CT molecular complexity index is 1260. The highest BCUT2D eigenvalue weighted by atomic mass is 16.5. The minimum atomic E-state index is -0.526. The number of hydrogen-bond acceptors (Lipinski definition) is 9. The monoisotopic (exact) mass is 508 g/mol. The second-order valence-corrected chi connectivity index (χ2v) is 9.34. The molecule has 2 aromatic heterocycles. The van der Waals surface area contributed by atoms with E-state index in [0.717, 1.165) is 35.1 Å². The van der Waals surface area contributed by atoms with Gasteiger partial charge in [0.05, 0.1) is 49.7 Å². The van der Waals surface area contributed by atoms with Gasteiger partial charge in [-0.25, -0.2) is 14.5 Å². The first-order valence-corrected chi connectivity index (χ1v) is 12.5. The van der Waals surface area contributed by atoms with Crippen molar-refractivity contribution in [2.24, 2.45) is 5.73 Å². The molecule has 0 bridgehead atoms. The lowest BCUT2D eigenvalue weighted by Gasteiger charge is -2.33. The number of nitrogens with one attached hydrogen (secondary N) is 1. The zero-order valence-electron chi connectivity index (χ0n) is 21.1. The summed E-state index contributed by atoms with van der Waals surface area (Å²) in [5.74, 6) is 0.613. The Labute approximate surface area is 214 Å². The molecule has 0 radical (unpaired) electrons. The molecular formula is C25H32N8O4. The fraction of sp³-hybridized carbons (Fsp3) is 0.480. The summed E-state index contributed by atoms with van der Waals surface area (Å²) < 4.78 is 12.2. The molecule has 3 N–H and O–H groups in total. The van der Waals surface area contributed by atoms with Gasteiger partial charge in [-0.3, -0.25) is 10.1 Å². The molecule has 1 aromatic carbocycles. The summed E-state index contributed by atoms with van der Waals surface area (Å²) >= 11 is 0. The lowest BCUT2D eigenvalue weighted by molar-refractivity contribution is -0.133. The number of nitrogens with two attached hydrogens (primary N) is 1. The number of amides is 2. The van der Waals surface area contributed by atoms with Crippen molar-refractivity contribution in [1.29, 1.82) is 0 Å². The summed E-state index contributed by atoms with van der Waals surface area (Å²) in [6, 6.07) is 7.05. The number of carbonyl (C=O) groups excluding carboxylic acids is 2. The average Bonchev–Trinajstić information content (AvgIpc) is 3.37. The van der Waals surface area contributed by atoms with E-state index < -0.39 is 12.1 Å². The van der Waals surface area contributed by atoms with Gasteiger partial charge in [0.25, 0.3) is 0 Å². The quantitative estimate of drug-likeness (QED) is 0.529. The first-order chi connectivity index (χ1) is 17.9. The van der Waals surface area contributed by atoms with E-state index in [1.54, 1.807) is 6.92 Å². The Balaban J connectivity index is 1.49. The van der Waals surface area contributed by atoms with Crippen LogP contribution in [0.3, 0.4) is 0 Å². The zero-order valence-corrected chi connectivity index (χ0v) is 21.1. The molecule has 4 heterocycles. The van der Waals surface area contributed by atoms with Gasteiger partial charge in [0.15, 0.2) is 5.65 Å². The molecule has 0 saturated carbocycles. The van der Waals surface area contributed by atoms with Gasteiger partial charge in [-0.2, -0.15) is 10.1 Å². The molecule has 196 valence electrons. The first kappa shape index (κ1) is 24.9. The van der Waals surface area contributed by atoms with Crippen LogP contribution < -0.4 is 16.0 Å². The summed E-state index contributed by atoms with van der Waals surface area (Å²) in [4.78, 5) is 37.8. The van der Waals surface area contributed by atoms with Gasteiger partial charge in [-0.15, -0.1) is 0 Å². The molecule has 1 unspecified atom stereocenters. The van der Waals surface area contributed by atoms with Crippen molar-refractivity contribution in [1.82, 2.24) is 24.6 Å². The fourth-order valence-electron chi connectivity index (χ4n) is 4.81. The molecule has 0 spiro atoms. The van der Waals surface area contributed by atoms with Gasteiger partial charge in [-0.05, 0) is 31.9 Å². The van der Waals surface area contributed by atoms with E-state index in [2.05, 4.69) is 15.0 Å². The van der Waals surface area contributed by atoms with Crippen molar-refractivity contribution in [2.45, 2.75) is 31.8 Å². The van der Waals surface area contributed by atoms with Crippen molar-refractivity contribution in [3.63, 3.8) is 0 Å². The number of aromatic nitrogens is 4. The Morgan fingerprint density at radius 1 is 1.11 bits per heavy atom. The Kier molecular flexibility index (Phi) is 7.19. The predicted molar refractivity (Wildman–Crippen MR) is 138 cm³/mol. The van der Waals surface area contributed by atoms with Gasteiger partial charge < -0.3 is 25.0 Å². The van der Waals surface area contributed by atoms with E-state index in [9.17, 15) is 9.59 Å². The summed E-state index contributed by atoms with van der Waals surface area (Å²) in [5.41, 5.74) is 8.85. The van der Waals surface area contributed by atoms with Crippen LogP contribution in [0, 0.1) is 0 Å². The number of carbonyl (C=O) groups is 2. The van der Waals surface area contributed by atoms with Gasteiger partial charge in [0.2, 0.25) is 11.9 Å². The number of rotatable bonds is 5. The number of fused-ring (bicyclic) bond motifs is 1. The van der Waals surface area contributed by atoms with Crippen LogP contribution in [-0.4, -0.2) is 89.2 Å². The molecule has 12 nitrogen and oxygen atoms in total. The summed E-state index contributed by atoms with van der Waals surface area (Å²) in [6.45, 7) is 5.65. The standard InChI is InChI=1S/C25H32N8O4/c1-16(26)23(34)31-9-7-19(8-10-31)33-22-20(15-27-33)21(29-24(30-22)32-11-13-37-14-12-32)17-3-5-18(6-4-17)28-25(35)36-2/h3-6,15-16,19H,7-14,26H2,1-2H3,(H,28,35). The number of nitrogens with zero attached hydrogens (tertiary/aromatic N) is 6. The van der Waals surface area contributed by atoms with Crippen LogP contribution in [0.5, 0.6) is 0 Å². The van der Waals surface area contributed by atoms with Crippen LogP contribution in [0.25, 0.3) is 22.3 Å². The van der Waals surface area contributed by atoms with Crippen molar-refractivity contribution >= 4 is 34.7 Å². The number of methoxy groups -OCH3 is 1. The molecule has 2 saturated heterocycles. The number of morpholine rings is 1. The molecule has 2 aliphatic rings. The zero-order chi connectivity index (χ0) is 25.9. The normalized spacial score (nSPS) is 17.6. The molecule has 1 atom stereocenters. The smallest absolute Gasteiger partial charge is 0.411 e. The number of piperidine rings is 1. The van der Waals surface area contributed by atoms with E-state index in [0.29, 0.717) is 51.0 Å². The van der Waals surface area contributed by atoms with Gasteiger partial charge in [-0.1, -0.05) is 12.1 Å². The topological polar surface area (TPSA) is 141 Å². The van der Waals surface area contributed by atoms with Crippen LogP contribution in [-0.2, 0) is 14.3 Å². The summed E-state index contributed by atoms with van der Waals surface area (Å²) in [7, 11) is 1.33. The van der Waals surface area contributed by atoms with Crippen molar-refractivity contribution in [3.8, 4) is 11.3 Å². The maximum Gasteiger partial charge on any atom is 0.411 e. The number of ether oxygens (including phenoxy) is 2. The maximum atomic E-state index is 12.3. The third kappa shape index (κ3) is 5.20. The van der Waals surface area contributed by atoms with E-state index >= 15 is 0 Å². The third-order valence-corrected chi connectivity index (χ3v) is 6.84. The van der Waals surface area contributed by atoms with Gasteiger partial charge >= 0.3 is 6.09 Å². The minimum Gasteiger partial charge on any atom is -0.453 e. The Morgan fingerprint density at radius 2 is 1.81 bits per heavy atom. The molecule has 3 aromatic rings. The second-order valence-electron chi connectivity index (χ2n) is 9.34. The minimum absolute atomic E-state index is 0.0203. The van der Waals surface area contributed by atoms with Gasteiger partial charge in [0.1, 0.15) is 0 Å². The molecule has 12 heteroatoms. The SMILES string of the molecule is COC(=O)Nc1ccc(-c2nc(N3CCOCC3)nc3c2cnn3C2CCN(C(=O)C(C)N)CC2)cc1. The molecule has 37 heavy (non-hydrogen) atoms. The highest BCUT2D eigenvalue weighted by molar-refractivity contribution is 5.92. The van der Waals surface area contributed by atoms with Gasteiger partial charge in [0, 0.05) is 37.4 Å². The lowest BCUT2D eigenvalue weighted by Crippen LogP contribution is -2.46. The summed E-state index contributed by atoms with van der Waals surface area (Å²) in [5, 5.41) is 8.25. The third-order valence-electron chi connectivity index (χ3n) is 6.84.